The Kier molecular flexibility index (Phi) is 5.05. The van der Waals surface area contributed by atoms with E-state index in [0.29, 0.717) is 24.3 Å². The molecule has 0 atom stereocenters. The highest BCUT2D eigenvalue weighted by molar-refractivity contribution is 7.89. The first-order chi connectivity index (χ1) is 8.44. The van der Waals surface area contributed by atoms with Gasteiger partial charge < -0.3 is 10.1 Å². The summed E-state index contributed by atoms with van der Waals surface area (Å²) in [5, 5.41) is 7.74. The summed E-state index contributed by atoms with van der Waals surface area (Å²) in [5.41, 5.74) is 0.301. The van der Waals surface area contributed by atoms with Crippen LogP contribution >= 0.6 is 0 Å². The monoisotopic (exact) mass is 273 g/mol. The lowest BCUT2D eigenvalue weighted by Crippen LogP contribution is -2.19. The number of ether oxygens (including phenoxy) is 1. The lowest BCUT2D eigenvalue weighted by Gasteiger charge is -2.08. The van der Waals surface area contributed by atoms with Gasteiger partial charge in [-0.05, 0) is 18.6 Å². The minimum atomic E-state index is -3.46. The molecule has 0 aliphatic rings. The van der Waals surface area contributed by atoms with Crippen LogP contribution in [-0.4, -0.2) is 38.8 Å². The van der Waals surface area contributed by atoms with Crippen LogP contribution in [0.15, 0.2) is 18.3 Å². The Hall–Kier alpha value is -1.67. The number of rotatable bonds is 6. The van der Waals surface area contributed by atoms with Crippen LogP contribution in [-0.2, 0) is 14.8 Å². The Bertz CT molecular complexity index is 516. The zero-order valence-electron chi connectivity index (χ0n) is 9.92. The molecule has 8 heteroatoms. The van der Waals surface area contributed by atoms with Gasteiger partial charge in [-0.3, -0.25) is 0 Å². The van der Waals surface area contributed by atoms with Crippen LogP contribution in [0, 0.1) is 0 Å². The molecule has 0 aliphatic heterocycles. The SMILES string of the molecule is COC(=O)c1cccnc1NCCCS(N)(=O)=O. The second kappa shape index (κ2) is 6.31. The van der Waals surface area contributed by atoms with E-state index in [4.69, 9.17) is 5.14 Å². The minimum absolute atomic E-state index is 0.125. The van der Waals surface area contributed by atoms with E-state index < -0.39 is 16.0 Å². The number of carbonyl (C=O) groups excluding carboxylic acids is 1. The molecular weight excluding hydrogens is 258 g/mol. The Morgan fingerprint density at radius 2 is 2.28 bits per heavy atom. The third-order valence-electron chi connectivity index (χ3n) is 2.11. The molecule has 1 heterocycles. The molecule has 0 saturated heterocycles. The fourth-order valence-electron chi connectivity index (χ4n) is 1.30. The van der Waals surface area contributed by atoms with Crippen LogP contribution in [0.2, 0.25) is 0 Å². The molecule has 0 amide bonds. The van der Waals surface area contributed by atoms with Crippen LogP contribution in [0.3, 0.4) is 0 Å². The van der Waals surface area contributed by atoms with Crippen molar-refractivity contribution in [1.29, 1.82) is 0 Å². The third kappa shape index (κ3) is 4.68. The number of pyridine rings is 1. The third-order valence-corrected chi connectivity index (χ3v) is 2.97. The van der Waals surface area contributed by atoms with Gasteiger partial charge in [-0.2, -0.15) is 0 Å². The van der Waals surface area contributed by atoms with Gasteiger partial charge in [0.1, 0.15) is 11.4 Å². The number of esters is 1. The van der Waals surface area contributed by atoms with E-state index in [2.05, 4.69) is 15.0 Å². The zero-order valence-corrected chi connectivity index (χ0v) is 10.7. The summed E-state index contributed by atoms with van der Waals surface area (Å²) in [6, 6.07) is 3.18. The molecule has 100 valence electrons. The quantitative estimate of drug-likeness (QED) is 0.555. The Morgan fingerprint density at radius 1 is 1.56 bits per heavy atom. The summed E-state index contributed by atoms with van der Waals surface area (Å²) in [7, 11) is -2.18. The lowest BCUT2D eigenvalue weighted by molar-refractivity contribution is 0.0601. The van der Waals surface area contributed by atoms with Gasteiger partial charge in [0.2, 0.25) is 10.0 Å². The molecule has 18 heavy (non-hydrogen) atoms. The maximum absolute atomic E-state index is 11.4. The van der Waals surface area contributed by atoms with Gasteiger partial charge in [0.25, 0.3) is 0 Å². The molecule has 1 rings (SSSR count). The number of nitrogens with one attached hydrogen (secondary N) is 1. The molecule has 0 fully saturated rings. The van der Waals surface area contributed by atoms with Crippen molar-refractivity contribution >= 4 is 21.8 Å². The van der Waals surface area contributed by atoms with E-state index in [1.807, 2.05) is 0 Å². The summed E-state index contributed by atoms with van der Waals surface area (Å²) in [5.74, 6) is -0.267. The highest BCUT2D eigenvalue weighted by Crippen LogP contribution is 2.12. The predicted molar refractivity (Wildman–Crippen MR) is 66.7 cm³/mol. The number of primary sulfonamides is 1. The predicted octanol–water partition coefficient (Wildman–Crippen LogP) is -0.0413. The van der Waals surface area contributed by atoms with Gasteiger partial charge in [-0.1, -0.05) is 0 Å². The molecule has 1 aromatic heterocycles. The van der Waals surface area contributed by atoms with E-state index in [0.717, 1.165) is 0 Å². The van der Waals surface area contributed by atoms with E-state index in [1.54, 1.807) is 12.1 Å². The lowest BCUT2D eigenvalue weighted by atomic mass is 10.2. The normalized spacial score (nSPS) is 11.0. The van der Waals surface area contributed by atoms with Crippen molar-refractivity contribution in [3.8, 4) is 0 Å². The largest absolute Gasteiger partial charge is 0.465 e. The van der Waals surface area contributed by atoms with Crippen LogP contribution < -0.4 is 10.5 Å². The standard InChI is InChI=1S/C10H15N3O4S/c1-17-10(14)8-4-2-5-12-9(8)13-6-3-7-18(11,15)16/h2,4-5H,3,6-7H2,1H3,(H,12,13)(H2,11,15,16). The Labute approximate surface area is 105 Å². The Morgan fingerprint density at radius 3 is 2.89 bits per heavy atom. The van der Waals surface area contributed by atoms with Crippen molar-refractivity contribution in [1.82, 2.24) is 4.98 Å². The molecule has 0 bridgehead atoms. The first-order valence-corrected chi connectivity index (χ1v) is 6.93. The van der Waals surface area contributed by atoms with E-state index in [9.17, 15) is 13.2 Å². The zero-order chi connectivity index (χ0) is 13.6. The van der Waals surface area contributed by atoms with Crippen LogP contribution in [0.1, 0.15) is 16.8 Å². The number of carbonyl (C=O) groups is 1. The smallest absolute Gasteiger partial charge is 0.341 e. The summed E-state index contributed by atoms with van der Waals surface area (Å²) < 4.78 is 26.1. The minimum Gasteiger partial charge on any atom is -0.465 e. The average Bonchev–Trinajstić information content (AvgIpc) is 2.33. The van der Waals surface area contributed by atoms with Crippen molar-refractivity contribution in [2.75, 3.05) is 24.7 Å². The highest BCUT2D eigenvalue weighted by atomic mass is 32.2. The van der Waals surface area contributed by atoms with Gasteiger partial charge in [0, 0.05) is 12.7 Å². The highest BCUT2D eigenvalue weighted by Gasteiger charge is 2.12. The fourth-order valence-corrected chi connectivity index (χ4v) is 1.85. The van der Waals surface area contributed by atoms with Gasteiger partial charge in [-0.25, -0.2) is 23.3 Å². The van der Waals surface area contributed by atoms with E-state index >= 15 is 0 Å². The molecule has 0 aromatic carbocycles. The average molecular weight is 273 g/mol. The first kappa shape index (κ1) is 14.4. The van der Waals surface area contributed by atoms with Crippen molar-refractivity contribution < 1.29 is 17.9 Å². The molecule has 0 aliphatic carbocycles. The van der Waals surface area contributed by atoms with Crippen LogP contribution in [0.4, 0.5) is 5.82 Å². The topological polar surface area (TPSA) is 111 Å². The van der Waals surface area contributed by atoms with Crippen molar-refractivity contribution in [3.63, 3.8) is 0 Å². The van der Waals surface area contributed by atoms with Gasteiger partial charge in [0.15, 0.2) is 0 Å². The number of aromatic nitrogens is 1. The number of hydrogen-bond donors (Lipinski definition) is 2. The van der Waals surface area contributed by atoms with E-state index in [-0.39, 0.29) is 5.75 Å². The number of nitrogens with zero attached hydrogens (tertiary/aromatic N) is 1. The summed E-state index contributed by atoms with van der Waals surface area (Å²) in [4.78, 5) is 15.4. The summed E-state index contributed by atoms with van der Waals surface area (Å²) in [6.45, 7) is 0.345. The second-order valence-corrected chi connectivity index (χ2v) is 5.27. The van der Waals surface area contributed by atoms with Crippen LogP contribution in [0.25, 0.3) is 0 Å². The number of anilines is 1. The number of nitrogens with two attached hydrogens (primary N) is 1. The summed E-state index contributed by atoms with van der Waals surface area (Å²) in [6.07, 6.45) is 1.85. The van der Waals surface area contributed by atoms with E-state index in [1.165, 1.54) is 13.3 Å². The molecule has 0 spiro atoms. The first-order valence-electron chi connectivity index (χ1n) is 5.21. The number of hydrogen-bond acceptors (Lipinski definition) is 6. The van der Waals surface area contributed by atoms with Crippen molar-refractivity contribution in [2.45, 2.75) is 6.42 Å². The van der Waals surface area contributed by atoms with Crippen molar-refractivity contribution in [3.05, 3.63) is 23.9 Å². The molecule has 1 aromatic rings. The second-order valence-electron chi connectivity index (χ2n) is 3.54. The molecule has 0 unspecified atom stereocenters. The molecule has 7 nitrogen and oxygen atoms in total. The maximum Gasteiger partial charge on any atom is 0.341 e. The molecule has 0 radical (unpaired) electrons. The maximum atomic E-state index is 11.4. The van der Waals surface area contributed by atoms with Gasteiger partial charge in [0.05, 0.1) is 12.9 Å². The van der Waals surface area contributed by atoms with Gasteiger partial charge >= 0.3 is 5.97 Å². The number of methoxy groups -OCH3 is 1. The summed E-state index contributed by atoms with van der Waals surface area (Å²) >= 11 is 0. The molecule has 3 N–H and O–H groups in total. The fraction of sp³-hybridized carbons (Fsp3) is 0.400. The Balaban J connectivity index is 2.60. The molecule has 0 saturated carbocycles. The molecular formula is C10H15N3O4S. The van der Waals surface area contributed by atoms with Crippen LogP contribution in [0.5, 0.6) is 0 Å². The number of sulfonamides is 1. The van der Waals surface area contributed by atoms with Crippen molar-refractivity contribution in [2.24, 2.45) is 5.14 Å². The van der Waals surface area contributed by atoms with Gasteiger partial charge in [-0.15, -0.1) is 0 Å².